The van der Waals surface area contributed by atoms with E-state index in [1.807, 2.05) is 29.8 Å². The zero-order valence-electron chi connectivity index (χ0n) is 16.1. The van der Waals surface area contributed by atoms with Crippen LogP contribution in [0.1, 0.15) is 24.5 Å². The first-order valence-corrected chi connectivity index (χ1v) is 10.2. The molecule has 2 rings (SSSR count). The lowest BCUT2D eigenvalue weighted by atomic mass is 10.0. The number of hydrogen-bond donors (Lipinski definition) is 0. The van der Waals surface area contributed by atoms with Crippen molar-refractivity contribution in [2.24, 2.45) is 5.92 Å². The molecule has 2 aromatic rings. The van der Waals surface area contributed by atoms with E-state index in [-0.39, 0.29) is 12.0 Å². The highest BCUT2D eigenvalue weighted by Gasteiger charge is 2.20. The second-order valence-electron chi connectivity index (χ2n) is 5.68. The lowest BCUT2D eigenvalue weighted by Gasteiger charge is -2.21. The second-order valence-corrected chi connectivity index (χ2v) is 7.48. The fourth-order valence-electron chi connectivity index (χ4n) is 2.41. The molecule has 0 N–H and O–H groups in total. The molecule has 8 heteroatoms. The summed E-state index contributed by atoms with van der Waals surface area (Å²) >= 11 is 3.21. The number of nitrogens with zero attached hydrogens (tertiary/aromatic N) is 2. The minimum atomic E-state index is -0.462. The van der Waals surface area contributed by atoms with Crippen LogP contribution < -0.4 is 0 Å². The summed E-state index contributed by atoms with van der Waals surface area (Å²) in [6.45, 7) is 4.01. The summed E-state index contributed by atoms with van der Waals surface area (Å²) in [5.41, 5.74) is 1.76. The Hall–Kier alpha value is -2.03. The number of carbonyl (C=O) groups is 1. The van der Waals surface area contributed by atoms with Crippen molar-refractivity contribution < 1.29 is 19.0 Å². The maximum Gasteiger partial charge on any atom is 0.333 e. The van der Waals surface area contributed by atoms with Gasteiger partial charge >= 0.3 is 5.97 Å². The van der Waals surface area contributed by atoms with Crippen LogP contribution in [0.4, 0.5) is 0 Å². The molecule has 0 aliphatic carbocycles. The number of thiazole rings is 2. The van der Waals surface area contributed by atoms with E-state index in [0.29, 0.717) is 5.76 Å². The van der Waals surface area contributed by atoms with Crippen molar-refractivity contribution in [2.45, 2.75) is 26.4 Å². The van der Waals surface area contributed by atoms with Gasteiger partial charge in [0.25, 0.3) is 0 Å². The molecule has 0 saturated heterocycles. The van der Waals surface area contributed by atoms with Crippen molar-refractivity contribution in [3.05, 3.63) is 39.4 Å². The van der Waals surface area contributed by atoms with Crippen LogP contribution in [0.2, 0.25) is 0 Å². The van der Waals surface area contributed by atoms with Gasteiger partial charge in [-0.1, -0.05) is 19.9 Å². The van der Waals surface area contributed by atoms with E-state index in [0.717, 1.165) is 27.8 Å². The van der Waals surface area contributed by atoms with Crippen LogP contribution in [0.25, 0.3) is 16.8 Å². The normalized spacial score (nSPS) is 14.3. The molecule has 0 radical (unpaired) electrons. The lowest BCUT2D eigenvalue weighted by Crippen LogP contribution is -2.21. The van der Waals surface area contributed by atoms with E-state index in [4.69, 9.17) is 9.47 Å². The molecule has 0 bridgehead atoms. The third kappa shape index (κ3) is 5.72. The van der Waals surface area contributed by atoms with Gasteiger partial charge in [0.1, 0.15) is 16.5 Å². The van der Waals surface area contributed by atoms with Gasteiger partial charge < -0.3 is 14.2 Å². The quantitative estimate of drug-likeness (QED) is 0.352. The lowest BCUT2D eigenvalue weighted by molar-refractivity contribution is -0.135. The van der Waals surface area contributed by atoms with E-state index in [1.165, 1.54) is 20.3 Å². The molecule has 0 saturated carbocycles. The molecule has 2 aromatic heterocycles. The van der Waals surface area contributed by atoms with Crippen molar-refractivity contribution >= 4 is 34.7 Å². The number of esters is 1. The number of aryl methyl sites for hydroxylation is 1. The van der Waals surface area contributed by atoms with E-state index >= 15 is 0 Å². The zero-order valence-corrected chi connectivity index (χ0v) is 17.7. The number of carbonyl (C=O) groups excluding carboxylic acids is 1. The fraction of sp³-hybridized carbons (Fsp3) is 0.421. The van der Waals surface area contributed by atoms with Crippen molar-refractivity contribution in [2.75, 3.05) is 21.3 Å². The van der Waals surface area contributed by atoms with Gasteiger partial charge in [-0.15, -0.1) is 22.7 Å². The number of hydrogen-bond acceptors (Lipinski definition) is 8. The number of aromatic nitrogens is 2. The Balaban J connectivity index is 2.12. The summed E-state index contributed by atoms with van der Waals surface area (Å²) in [5, 5.41) is 6.02. The molecule has 0 spiro atoms. The minimum absolute atomic E-state index is 0.167. The average molecular weight is 409 g/mol. The van der Waals surface area contributed by atoms with Crippen molar-refractivity contribution in [1.29, 1.82) is 0 Å². The summed E-state index contributed by atoms with van der Waals surface area (Å²) in [4.78, 5) is 20.7. The molecule has 6 nitrogen and oxygen atoms in total. The Morgan fingerprint density at radius 1 is 1.19 bits per heavy atom. The highest BCUT2D eigenvalue weighted by molar-refractivity contribution is 7.14. The number of rotatable bonds is 9. The highest BCUT2D eigenvalue weighted by Crippen LogP contribution is 2.26. The summed E-state index contributed by atoms with van der Waals surface area (Å²) < 4.78 is 15.5. The smallest absolute Gasteiger partial charge is 0.333 e. The molecule has 0 amide bonds. The first-order valence-electron chi connectivity index (χ1n) is 8.47. The molecule has 27 heavy (non-hydrogen) atoms. The van der Waals surface area contributed by atoms with Gasteiger partial charge in [-0.3, -0.25) is 0 Å². The monoisotopic (exact) mass is 408 g/mol. The van der Waals surface area contributed by atoms with Gasteiger partial charge in [0.05, 0.1) is 37.1 Å². The van der Waals surface area contributed by atoms with Gasteiger partial charge in [-0.25, -0.2) is 14.8 Å². The summed E-state index contributed by atoms with van der Waals surface area (Å²) in [6.07, 6.45) is 5.79. The van der Waals surface area contributed by atoms with Crippen LogP contribution in [0.3, 0.4) is 0 Å². The van der Waals surface area contributed by atoms with Crippen LogP contribution in [0.15, 0.2) is 28.7 Å². The van der Waals surface area contributed by atoms with Crippen LogP contribution in [-0.2, 0) is 25.4 Å². The zero-order chi connectivity index (χ0) is 19.8. The maximum atomic E-state index is 11.5. The first-order chi connectivity index (χ1) is 13.0. The molecular formula is C19H24N2O4S2. The Morgan fingerprint density at radius 3 is 2.56 bits per heavy atom. The van der Waals surface area contributed by atoms with Crippen molar-refractivity contribution in [3.8, 4) is 10.7 Å². The van der Waals surface area contributed by atoms with Crippen LogP contribution in [0.5, 0.6) is 0 Å². The van der Waals surface area contributed by atoms with Gasteiger partial charge in [0.15, 0.2) is 0 Å². The Bertz CT molecular complexity index is 810. The fourth-order valence-corrected chi connectivity index (χ4v) is 3.96. The largest absolute Gasteiger partial charge is 0.500 e. The summed E-state index contributed by atoms with van der Waals surface area (Å²) in [6, 6.07) is 0. The second kappa shape index (κ2) is 10.3. The van der Waals surface area contributed by atoms with Gasteiger partial charge in [0.2, 0.25) is 0 Å². The van der Waals surface area contributed by atoms with E-state index in [2.05, 4.69) is 21.6 Å². The summed E-state index contributed by atoms with van der Waals surface area (Å²) in [5.74, 6) is -0.137. The van der Waals surface area contributed by atoms with Crippen LogP contribution >= 0.6 is 22.7 Å². The highest BCUT2D eigenvalue weighted by atomic mass is 32.1. The standard InChI is InChI=1S/C19H24N2O4S2/c1-6-17-21-14(11-26-17)19-20-13(10-27-19)7-8-15(23-3)12(2)16(24-4)9-18(22)25-5/h7-12,15H,6H2,1-5H3. The van der Waals surface area contributed by atoms with E-state index < -0.39 is 5.97 Å². The predicted octanol–water partition coefficient (Wildman–Crippen LogP) is 4.20. The summed E-state index contributed by atoms with van der Waals surface area (Å²) in [7, 11) is 4.47. The maximum absolute atomic E-state index is 11.5. The SMILES string of the molecule is CCc1nc(-c2nc(C=CC(OC)C(C)C(=CC(=O)OC)OC)cs2)cs1. The third-order valence-corrected chi connectivity index (χ3v) is 5.84. The van der Waals surface area contributed by atoms with Gasteiger partial charge in [0, 0.05) is 23.8 Å². The minimum Gasteiger partial charge on any atom is -0.500 e. The Morgan fingerprint density at radius 2 is 1.96 bits per heavy atom. The van der Waals surface area contributed by atoms with E-state index in [9.17, 15) is 4.79 Å². The molecular weight excluding hydrogens is 384 g/mol. The van der Waals surface area contributed by atoms with Crippen molar-refractivity contribution in [3.63, 3.8) is 0 Å². The molecule has 0 fully saturated rings. The first kappa shape index (κ1) is 21.3. The Labute approximate surface area is 167 Å². The molecule has 0 aromatic carbocycles. The third-order valence-electron chi connectivity index (χ3n) is 3.96. The van der Waals surface area contributed by atoms with Gasteiger partial charge in [-0.2, -0.15) is 0 Å². The number of methoxy groups -OCH3 is 3. The molecule has 2 atom stereocenters. The Kier molecular flexibility index (Phi) is 8.15. The molecule has 0 aliphatic rings. The van der Waals surface area contributed by atoms with Gasteiger partial charge in [-0.05, 0) is 12.5 Å². The van der Waals surface area contributed by atoms with E-state index in [1.54, 1.807) is 29.8 Å². The molecule has 2 unspecified atom stereocenters. The topological polar surface area (TPSA) is 70.5 Å². The van der Waals surface area contributed by atoms with Crippen LogP contribution in [0, 0.1) is 5.92 Å². The van der Waals surface area contributed by atoms with Crippen molar-refractivity contribution in [1.82, 2.24) is 9.97 Å². The predicted molar refractivity (Wildman–Crippen MR) is 109 cm³/mol. The molecule has 2 heterocycles. The molecule has 0 aliphatic heterocycles. The molecule has 146 valence electrons. The average Bonchev–Trinajstić information content (AvgIpc) is 3.35. The number of ether oxygens (including phenoxy) is 3. The van der Waals surface area contributed by atoms with Crippen LogP contribution in [-0.4, -0.2) is 43.4 Å².